The minimum Gasteiger partial charge on any atom is -0.343 e. The van der Waals surface area contributed by atoms with Crippen molar-refractivity contribution >= 4 is 22.5 Å². The molecule has 1 aliphatic rings. The maximum absolute atomic E-state index is 12.8. The number of benzene rings is 2. The zero-order valence-corrected chi connectivity index (χ0v) is 22.8. The molecule has 0 bridgehead atoms. The van der Waals surface area contributed by atoms with Crippen LogP contribution >= 0.6 is 0 Å². The molecule has 1 aliphatic carbocycles. The average Bonchev–Trinajstić information content (AvgIpc) is 3.37. The molecule has 1 saturated carbocycles. The highest BCUT2D eigenvalue weighted by Gasteiger charge is 2.39. The number of nitrogens with one attached hydrogen (secondary N) is 2. The molecule has 3 aromatic heterocycles. The Morgan fingerprint density at radius 1 is 1.07 bits per heavy atom. The average molecular weight is 542 g/mol. The molecule has 2 N–H and O–H groups in total. The largest absolute Gasteiger partial charge is 0.347 e. The molecule has 0 radical (unpaired) electrons. The topological polar surface area (TPSA) is 92.2 Å². The van der Waals surface area contributed by atoms with E-state index < -0.39 is 0 Å². The first kappa shape index (κ1) is 26.3. The summed E-state index contributed by atoms with van der Waals surface area (Å²) in [6.45, 7) is 0. The monoisotopic (exact) mass is 541 g/mol. The summed E-state index contributed by atoms with van der Waals surface area (Å²) in [6.07, 6.45) is 17.1. The third-order valence-electron chi connectivity index (χ3n) is 7.96. The van der Waals surface area contributed by atoms with Gasteiger partial charge in [0.15, 0.2) is 5.65 Å². The second kappa shape index (κ2) is 11.3. The molecule has 0 atom stereocenters. The lowest BCUT2D eigenvalue weighted by atomic mass is 9.71. The van der Waals surface area contributed by atoms with Crippen LogP contribution in [-0.2, 0) is 10.3 Å². The van der Waals surface area contributed by atoms with Gasteiger partial charge < -0.3 is 5.32 Å². The zero-order chi connectivity index (χ0) is 28.2. The Morgan fingerprint density at radius 3 is 2.61 bits per heavy atom. The number of hydrogen-bond donors (Lipinski definition) is 2. The van der Waals surface area contributed by atoms with E-state index in [1.54, 1.807) is 12.3 Å². The summed E-state index contributed by atoms with van der Waals surface area (Å²) >= 11 is 0. The van der Waals surface area contributed by atoms with Gasteiger partial charge in [0.1, 0.15) is 0 Å². The molecule has 3 heterocycles. The summed E-state index contributed by atoms with van der Waals surface area (Å²) in [4.78, 5) is 30.0. The van der Waals surface area contributed by atoms with Gasteiger partial charge in [-0.1, -0.05) is 60.7 Å². The lowest BCUT2D eigenvalue weighted by Gasteiger charge is -2.43. The number of pyridine rings is 2. The van der Waals surface area contributed by atoms with Gasteiger partial charge in [-0.3, -0.25) is 4.79 Å². The van der Waals surface area contributed by atoms with Crippen molar-refractivity contribution in [1.82, 2.24) is 24.9 Å². The van der Waals surface area contributed by atoms with Gasteiger partial charge in [-0.05, 0) is 67.9 Å². The van der Waals surface area contributed by atoms with Crippen molar-refractivity contribution in [3.63, 3.8) is 0 Å². The van der Waals surface area contributed by atoms with Crippen molar-refractivity contribution in [1.29, 1.82) is 0 Å². The predicted octanol–water partition coefficient (Wildman–Crippen LogP) is 6.15. The summed E-state index contributed by atoms with van der Waals surface area (Å²) in [7, 11) is 0. The molecule has 7 heteroatoms. The first-order valence-corrected chi connectivity index (χ1v) is 14.1. The van der Waals surface area contributed by atoms with E-state index in [-0.39, 0.29) is 17.1 Å². The van der Waals surface area contributed by atoms with E-state index in [1.807, 2.05) is 30.3 Å². The van der Waals surface area contributed by atoms with Crippen LogP contribution in [0.4, 0.5) is 0 Å². The smallest absolute Gasteiger partial charge is 0.343 e. The number of rotatable bonds is 9. The second-order valence-electron chi connectivity index (χ2n) is 10.6. The van der Waals surface area contributed by atoms with Crippen molar-refractivity contribution in [2.24, 2.45) is 0 Å². The SMILES string of the molecule is C#CCCCC/C=C/C(=O)NC1(c2ccc(-c3nc4ccn5c(=O)[nH]nc5c4cc3-c3ccccc3)cc2)CCC1. The molecule has 6 rings (SSSR count). The molecule has 0 saturated heterocycles. The molecule has 0 aliphatic heterocycles. The van der Waals surface area contributed by atoms with Crippen LogP contribution in [0.5, 0.6) is 0 Å². The summed E-state index contributed by atoms with van der Waals surface area (Å²) in [5.74, 6) is 2.59. The fourth-order valence-electron chi connectivity index (χ4n) is 5.59. The number of unbranched alkanes of at least 4 members (excludes halogenated alkanes) is 3. The molecule has 41 heavy (non-hydrogen) atoms. The van der Waals surface area contributed by atoms with Crippen LogP contribution in [-0.4, -0.2) is 25.5 Å². The van der Waals surface area contributed by atoms with E-state index >= 15 is 0 Å². The summed E-state index contributed by atoms with van der Waals surface area (Å²) < 4.78 is 1.49. The molecule has 0 spiro atoms. The van der Waals surface area contributed by atoms with E-state index in [2.05, 4.69) is 63.9 Å². The van der Waals surface area contributed by atoms with Gasteiger partial charge in [-0.2, -0.15) is 5.10 Å². The van der Waals surface area contributed by atoms with E-state index in [0.29, 0.717) is 5.65 Å². The maximum Gasteiger partial charge on any atom is 0.347 e. The number of hydrogen-bond acceptors (Lipinski definition) is 4. The quantitative estimate of drug-likeness (QED) is 0.133. The number of aromatic amines is 1. The van der Waals surface area contributed by atoms with Crippen molar-refractivity contribution in [3.8, 4) is 34.7 Å². The van der Waals surface area contributed by atoms with Crippen LogP contribution in [0.3, 0.4) is 0 Å². The number of fused-ring (bicyclic) bond motifs is 3. The van der Waals surface area contributed by atoms with Gasteiger partial charge in [-0.15, -0.1) is 12.3 Å². The third-order valence-corrected chi connectivity index (χ3v) is 7.96. The minimum atomic E-state index is -0.346. The first-order valence-electron chi connectivity index (χ1n) is 14.1. The number of H-pyrrole nitrogens is 1. The van der Waals surface area contributed by atoms with E-state index in [0.717, 1.165) is 83.8 Å². The Bertz CT molecular complexity index is 1840. The molecule has 1 fully saturated rings. The van der Waals surface area contributed by atoms with Crippen molar-refractivity contribution in [2.75, 3.05) is 0 Å². The Labute approximate surface area is 238 Å². The molecular weight excluding hydrogens is 510 g/mol. The van der Waals surface area contributed by atoms with E-state index in [9.17, 15) is 9.59 Å². The molecule has 1 amide bonds. The van der Waals surface area contributed by atoms with Gasteiger partial charge >= 0.3 is 5.69 Å². The molecular formula is C34H31N5O2. The lowest BCUT2D eigenvalue weighted by Crippen LogP contribution is -2.50. The van der Waals surface area contributed by atoms with Crippen LogP contribution in [0.15, 0.2) is 89.9 Å². The van der Waals surface area contributed by atoms with E-state index in [1.165, 1.54) is 4.40 Å². The normalized spacial score (nSPS) is 14.2. The lowest BCUT2D eigenvalue weighted by molar-refractivity contribution is -0.119. The number of amides is 1. The summed E-state index contributed by atoms with van der Waals surface area (Å²) in [5.41, 5.74) is 5.56. The number of carbonyl (C=O) groups is 1. The van der Waals surface area contributed by atoms with Crippen molar-refractivity contribution < 1.29 is 4.79 Å². The van der Waals surface area contributed by atoms with Crippen LogP contribution < -0.4 is 11.0 Å². The van der Waals surface area contributed by atoms with Gasteiger partial charge in [0, 0.05) is 29.1 Å². The second-order valence-corrected chi connectivity index (χ2v) is 10.6. The predicted molar refractivity (Wildman–Crippen MR) is 162 cm³/mol. The first-order chi connectivity index (χ1) is 20.1. The number of terminal acetylenes is 1. The molecule has 204 valence electrons. The van der Waals surface area contributed by atoms with Crippen molar-refractivity contribution in [3.05, 3.63) is 101 Å². The Hall–Kier alpha value is -4.96. The highest BCUT2D eigenvalue weighted by molar-refractivity contribution is 5.98. The van der Waals surface area contributed by atoms with Crippen LogP contribution in [0, 0.1) is 12.3 Å². The number of nitrogens with zero attached hydrogens (tertiary/aromatic N) is 3. The zero-order valence-electron chi connectivity index (χ0n) is 22.8. The van der Waals surface area contributed by atoms with E-state index in [4.69, 9.17) is 11.4 Å². The summed E-state index contributed by atoms with van der Waals surface area (Å²) in [5, 5.41) is 10.8. The standard InChI is InChI=1S/C34H31N5O2/c1-2-3-4-5-6-10-14-30(40)36-34(20-11-21-34)26-17-15-25(16-18-26)31-27(24-12-8-7-9-13-24)23-28-29(35-31)19-22-39-32(28)37-38-33(39)41/h1,7-10,12-19,22-23H,3-6,11,20-21H2,(H,36,40)(H,38,41)/b14-10+. The number of allylic oxidation sites excluding steroid dienone is 1. The molecule has 0 unspecified atom stereocenters. The van der Waals surface area contributed by atoms with Gasteiger partial charge in [0.25, 0.3) is 0 Å². The fourth-order valence-corrected chi connectivity index (χ4v) is 5.59. The molecule has 5 aromatic rings. The van der Waals surface area contributed by atoms with Crippen LogP contribution in [0.2, 0.25) is 0 Å². The Morgan fingerprint density at radius 2 is 1.88 bits per heavy atom. The maximum atomic E-state index is 12.8. The minimum absolute atomic E-state index is 0.0583. The van der Waals surface area contributed by atoms with Crippen LogP contribution in [0.25, 0.3) is 38.9 Å². The Balaban J connectivity index is 1.31. The highest BCUT2D eigenvalue weighted by Crippen LogP contribution is 2.42. The summed E-state index contributed by atoms with van der Waals surface area (Å²) in [6, 6.07) is 22.4. The van der Waals surface area contributed by atoms with Gasteiger partial charge in [-0.25, -0.2) is 19.3 Å². The molecule has 2 aromatic carbocycles. The third kappa shape index (κ3) is 5.17. The highest BCUT2D eigenvalue weighted by atomic mass is 16.2. The van der Waals surface area contributed by atoms with Gasteiger partial charge in [0.2, 0.25) is 5.91 Å². The van der Waals surface area contributed by atoms with Crippen molar-refractivity contribution in [2.45, 2.75) is 50.5 Å². The Kier molecular flexibility index (Phi) is 7.22. The number of aromatic nitrogens is 4. The van der Waals surface area contributed by atoms with Gasteiger partial charge in [0.05, 0.1) is 16.7 Å². The fraction of sp³-hybridized carbons (Fsp3) is 0.235. The number of carbonyl (C=O) groups excluding carboxylic acids is 1. The molecule has 7 nitrogen and oxygen atoms in total. The van der Waals surface area contributed by atoms with Crippen LogP contribution in [0.1, 0.15) is 50.5 Å².